The Morgan fingerprint density at radius 1 is 1.45 bits per heavy atom. The average Bonchev–Trinajstić information content (AvgIpc) is 2.54. The second-order valence-corrected chi connectivity index (χ2v) is 6.38. The van der Waals surface area contributed by atoms with Gasteiger partial charge in [-0.05, 0) is 31.2 Å². The van der Waals surface area contributed by atoms with E-state index in [-0.39, 0.29) is 5.91 Å². The van der Waals surface area contributed by atoms with Crippen LogP contribution in [0.25, 0.3) is 0 Å². The molecule has 2 saturated heterocycles. The van der Waals surface area contributed by atoms with Crippen LogP contribution in [0.5, 0.6) is 0 Å². The van der Waals surface area contributed by atoms with Crippen LogP contribution >= 0.6 is 0 Å². The Bertz CT molecular complexity index is 533. The van der Waals surface area contributed by atoms with Gasteiger partial charge in [0.15, 0.2) is 0 Å². The number of hydrogen-bond donors (Lipinski definition) is 2. The quantitative estimate of drug-likeness (QED) is 0.867. The number of carbonyl (C=O) groups excluding carboxylic acids is 1. The third-order valence-electron chi connectivity index (χ3n) is 4.83. The lowest BCUT2D eigenvalue weighted by Crippen LogP contribution is -2.61. The number of aromatic nitrogens is 2. The molecule has 22 heavy (non-hydrogen) atoms. The molecule has 3 rings (SSSR count). The molecule has 0 aromatic carbocycles. The lowest BCUT2D eigenvalue weighted by Gasteiger charge is -2.46. The zero-order valence-electron chi connectivity index (χ0n) is 13.1. The predicted octanol–water partition coefficient (Wildman–Crippen LogP) is 0.896. The first-order chi connectivity index (χ1) is 10.7. The largest absolute Gasteiger partial charge is 0.392 e. The van der Waals surface area contributed by atoms with Gasteiger partial charge in [-0.2, -0.15) is 0 Å². The summed E-state index contributed by atoms with van der Waals surface area (Å²) in [6.45, 7) is 4.01. The van der Waals surface area contributed by atoms with Gasteiger partial charge in [0.25, 0.3) is 0 Å². The summed E-state index contributed by atoms with van der Waals surface area (Å²) in [6, 6.07) is 0. The Hall–Kier alpha value is -1.69. The number of anilines is 1. The number of amides is 1. The molecule has 120 valence electrons. The first-order valence-electron chi connectivity index (χ1n) is 8.18. The van der Waals surface area contributed by atoms with Crippen molar-refractivity contribution in [3.63, 3.8) is 0 Å². The number of aryl methyl sites for hydroxylation is 1. The number of hydrogen-bond acceptors (Lipinski definition) is 5. The van der Waals surface area contributed by atoms with Crippen molar-refractivity contribution in [2.24, 2.45) is 5.41 Å². The molecule has 1 aromatic heterocycles. The molecule has 2 aliphatic rings. The second kappa shape index (κ2) is 6.20. The molecule has 2 atom stereocenters. The number of aliphatic hydroxyl groups excluding tert-OH is 1. The highest BCUT2D eigenvalue weighted by atomic mass is 16.3. The van der Waals surface area contributed by atoms with E-state index in [4.69, 9.17) is 0 Å². The lowest BCUT2D eigenvalue weighted by molar-refractivity contribution is -0.142. The normalized spacial score (nSPS) is 28.7. The highest BCUT2D eigenvalue weighted by Crippen LogP contribution is 2.38. The van der Waals surface area contributed by atoms with Crippen molar-refractivity contribution in [1.82, 2.24) is 15.3 Å². The van der Waals surface area contributed by atoms with Gasteiger partial charge in [-0.15, -0.1) is 0 Å². The zero-order valence-corrected chi connectivity index (χ0v) is 13.1. The van der Waals surface area contributed by atoms with E-state index >= 15 is 0 Å². The van der Waals surface area contributed by atoms with E-state index < -0.39 is 11.5 Å². The van der Waals surface area contributed by atoms with Crippen LogP contribution < -0.4 is 10.2 Å². The van der Waals surface area contributed by atoms with Crippen LogP contribution in [0.4, 0.5) is 5.95 Å². The molecular formula is C16H24N4O2. The van der Waals surface area contributed by atoms with Gasteiger partial charge in [-0.3, -0.25) is 4.79 Å². The summed E-state index contributed by atoms with van der Waals surface area (Å²) >= 11 is 0. The SMILES string of the molecule is CCCc1cnc(N2CC[C@@H](O)[C@@]3(CCCNC3=O)C2)nc1. The summed E-state index contributed by atoms with van der Waals surface area (Å²) in [5.74, 6) is 0.628. The summed E-state index contributed by atoms with van der Waals surface area (Å²) in [6.07, 6.45) is 7.41. The number of piperidine rings is 2. The minimum absolute atomic E-state index is 0.0291. The molecule has 2 aliphatic heterocycles. The van der Waals surface area contributed by atoms with Crippen LogP contribution in [0, 0.1) is 5.41 Å². The van der Waals surface area contributed by atoms with E-state index in [1.54, 1.807) is 0 Å². The average molecular weight is 304 g/mol. The molecule has 0 radical (unpaired) electrons. The number of nitrogens with one attached hydrogen (secondary N) is 1. The maximum Gasteiger partial charge on any atom is 0.230 e. The maximum atomic E-state index is 12.4. The van der Waals surface area contributed by atoms with E-state index in [1.807, 2.05) is 17.3 Å². The van der Waals surface area contributed by atoms with Crippen molar-refractivity contribution < 1.29 is 9.90 Å². The summed E-state index contributed by atoms with van der Waals surface area (Å²) in [5.41, 5.74) is 0.426. The summed E-state index contributed by atoms with van der Waals surface area (Å²) in [5, 5.41) is 13.3. The van der Waals surface area contributed by atoms with Gasteiger partial charge in [0, 0.05) is 32.0 Å². The van der Waals surface area contributed by atoms with Gasteiger partial charge < -0.3 is 15.3 Å². The Morgan fingerprint density at radius 2 is 2.23 bits per heavy atom. The molecule has 0 unspecified atom stereocenters. The second-order valence-electron chi connectivity index (χ2n) is 6.38. The topological polar surface area (TPSA) is 78.4 Å². The van der Waals surface area contributed by atoms with Crippen LogP contribution in [0.3, 0.4) is 0 Å². The highest BCUT2D eigenvalue weighted by Gasteiger charge is 2.50. The third kappa shape index (κ3) is 2.67. The molecule has 1 amide bonds. The van der Waals surface area contributed by atoms with Crippen molar-refractivity contribution in [2.45, 2.75) is 45.1 Å². The first kappa shape index (κ1) is 15.2. The van der Waals surface area contributed by atoms with Crippen LogP contribution in [-0.2, 0) is 11.2 Å². The molecule has 6 nitrogen and oxygen atoms in total. The predicted molar refractivity (Wildman–Crippen MR) is 83.5 cm³/mol. The van der Waals surface area contributed by atoms with Crippen LogP contribution in [-0.4, -0.2) is 46.7 Å². The van der Waals surface area contributed by atoms with Gasteiger partial charge in [0.05, 0.1) is 11.5 Å². The van der Waals surface area contributed by atoms with Crippen LogP contribution in [0.1, 0.15) is 38.2 Å². The molecule has 2 fully saturated rings. The van der Waals surface area contributed by atoms with Gasteiger partial charge in [-0.1, -0.05) is 13.3 Å². The smallest absolute Gasteiger partial charge is 0.230 e. The molecule has 1 aromatic rings. The molecule has 6 heteroatoms. The Balaban J connectivity index is 1.79. The van der Waals surface area contributed by atoms with Crippen molar-refractivity contribution in [2.75, 3.05) is 24.5 Å². The zero-order chi connectivity index (χ0) is 15.6. The summed E-state index contributed by atoms with van der Waals surface area (Å²) < 4.78 is 0. The Kier molecular flexibility index (Phi) is 4.29. The number of nitrogens with zero attached hydrogens (tertiary/aromatic N) is 3. The van der Waals surface area contributed by atoms with Crippen molar-refractivity contribution in [3.05, 3.63) is 18.0 Å². The molecule has 0 bridgehead atoms. The molecule has 3 heterocycles. The van der Waals surface area contributed by atoms with Crippen LogP contribution in [0.15, 0.2) is 12.4 Å². The summed E-state index contributed by atoms with van der Waals surface area (Å²) in [7, 11) is 0. The van der Waals surface area contributed by atoms with Crippen molar-refractivity contribution in [1.29, 1.82) is 0 Å². The fourth-order valence-electron chi connectivity index (χ4n) is 3.54. The van der Waals surface area contributed by atoms with Crippen molar-refractivity contribution in [3.8, 4) is 0 Å². The molecule has 0 aliphatic carbocycles. The first-order valence-corrected chi connectivity index (χ1v) is 8.18. The summed E-state index contributed by atoms with van der Waals surface area (Å²) in [4.78, 5) is 23.3. The van der Waals surface area contributed by atoms with Gasteiger partial charge in [0.2, 0.25) is 11.9 Å². The Labute approximate surface area is 131 Å². The lowest BCUT2D eigenvalue weighted by atomic mass is 9.71. The van der Waals surface area contributed by atoms with Crippen molar-refractivity contribution >= 4 is 11.9 Å². The minimum Gasteiger partial charge on any atom is -0.392 e. The van der Waals surface area contributed by atoms with E-state index in [9.17, 15) is 9.90 Å². The number of aliphatic hydroxyl groups is 1. The van der Waals surface area contributed by atoms with E-state index in [2.05, 4.69) is 22.2 Å². The maximum absolute atomic E-state index is 12.4. The molecule has 2 N–H and O–H groups in total. The van der Waals surface area contributed by atoms with E-state index in [0.29, 0.717) is 32.0 Å². The fraction of sp³-hybridized carbons (Fsp3) is 0.688. The monoisotopic (exact) mass is 304 g/mol. The highest BCUT2D eigenvalue weighted by molar-refractivity contribution is 5.85. The van der Waals surface area contributed by atoms with Gasteiger partial charge in [-0.25, -0.2) is 9.97 Å². The van der Waals surface area contributed by atoms with Crippen LogP contribution in [0.2, 0.25) is 0 Å². The van der Waals surface area contributed by atoms with Gasteiger partial charge in [0.1, 0.15) is 0 Å². The Morgan fingerprint density at radius 3 is 2.91 bits per heavy atom. The number of rotatable bonds is 3. The van der Waals surface area contributed by atoms with E-state index in [1.165, 1.54) is 0 Å². The molecular weight excluding hydrogens is 280 g/mol. The molecule has 1 spiro atoms. The fourth-order valence-corrected chi connectivity index (χ4v) is 3.54. The number of carbonyl (C=O) groups is 1. The standard InChI is InChI=1S/C16H24N4O2/c1-2-4-12-9-18-15(19-10-12)20-8-5-13(21)16(11-20)6-3-7-17-14(16)22/h9-10,13,21H,2-8,11H2,1H3,(H,17,22)/t13-,16-/m1/s1. The van der Waals surface area contributed by atoms with Gasteiger partial charge >= 0.3 is 0 Å². The van der Waals surface area contributed by atoms with E-state index in [0.717, 1.165) is 31.2 Å². The molecule has 0 saturated carbocycles. The third-order valence-corrected chi connectivity index (χ3v) is 4.83. The minimum atomic E-state index is -0.706.